The third-order valence-electron chi connectivity index (χ3n) is 4.57. The lowest BCUT2D eigenvalue weighted by molar-refractivity contribution is -0.120. The number of nitrogens with zero attached hydrogens (tertiary/aromatic N) is 2. The Morgan fingerprint density at radius 1 is 1.40 bits per heavy atom. The number of thiazole rings is 1. The first-order valence-electron chi connectivity index (χ1n) is 8.83. The molecule has 0 bridgehead atoms. The minimum Gasteiger partial charge on any atom is -0.318 e. The van der Waals surface area contributed by atoms with Gasteiger partial charge >= 0.3 is 0 Å². The van der Waals surface area contributed by atoms with Crippen molar-refractivity contribution in [3.63, 3.8) is 0 Å². The fraction of sp³-hybridized carbons (Fsp3) is 0.474. The van der Waals surface area contributed by atoms with Crippen LogP contribution in [0.25, 0.3) is 0 Å². The Balaban J connectivity index is 1.64. The zero-order valence-corrected chi connectivity index (χ0v) is 15.7. The second-order valence-corrected chi connectivity index (χ2v) is 8.04. The molecule has 1 amide bonds. The molecule has 25 heavy (non-hydrogen) atoms. The van der Waals surface area contributed by atoms with Crippen LogP contribution >= 0.6 is 11.3 Å². The number of benzene rings is 1. The van der Waals surface area contributed by atoms with E-state index in [0.717, 1.165) is 38.2 Å². The number of nitrogens with two attached hydrogens (primary N) is 1. The number of nitrogens with one attached hydrogen (secondary N) is 1. The van der Waals surface area contributed by atoms with Gasteiger partial charge in [-0.1, -0.05) is 43.7 Å². The van der Waals surface area contributed by atoms with E-state index in [1.807, 2.05) is 13.0 Å². The van der Waals surface area contributed by atoms with Gasteiger partial charge in [-0.3, -0.25) is 9.69 Å². The number of anilines is 1. The zero-order chi connectivity index (χ0) is 17.9. The van der Waals surface area contributed by atoms with Crippen LogP contribution < -0.4 is 11.1 Å². The van der Waals surface area contributed by atoms with Gasteiger partial charge in [-0.2, -0.15) is 0 Å². The number of fused-ring (bicyclic) bond motifs is 1. The maximum absolute atomic E-state index is 12.4. The van der Waals surface area contributed by atoms with Crippen LogP contribution in [0.3, 0.4) is 0 Å². The Morgan fingerprint density at radius 3 is 2.88 bits per heavy atom. The number of hydrogen-bond donors (Lipinski definition) is 2. The molecule has 134 valence electrons. The quantitative estimate of drug-likeness (QED) is 0.832. The average molecular weight is 359 g/mol. The van der Waals surface area contributed by atoms with Crippen LogP contribution in [0.5, 0.6) is 0 Å². The molecule has 0 saturated heterocycles. The molecule has 3 N–H and O–H groups in total. The second-order valence-electron chi connectivity index (χ2n) is 6.96. The normalized spacial score (nSPS) is 16.9. The predicted molar refractivity (Wildman–Crippen MR) is 103 cm³/mol. The highest BCUT2D eigenvalue weighted by molar-refractivity contribution is 7.15. The Morgan fingerprint density at radius 2 is 2.16 bits per heavy atom. The highest BCUT2D eigenvalue weighted by Crippen LogP contribution is 2.29. The molecule has 0 saturated carbocycles. The van der Waals surface area contributed by atoms with Gasteiger partial charge in [0.2, 0.25) is 5.91 Å². The summed E-state index contributed by atoms with van der Waals surface area (Å²) in [6.07, 6.45) is 2.46. The van der Waals surface area contributed by atoms with E-state index in [-0.39, 0.29) is 5.91 Å². The number of carbonyl (C=O) groups is 1. The van der Waals surface area contributed by atoms with Gasteiger partial charge in [0.15, 0.2) is 5.13 Å². The first kappa shape index (κ1) is 18.0. The van der Waals surface area contributed by atoms with Crippen LogP contribution in [0.2, 0.25) is 0 Å². The van der Waals surface area contributed by atoms with E-state index < -0.39 is 5.54 Å². The Labute approximate surface area is 153 Å². The molecule has 1 aromatic carbocycles. The summed E-state index contributed by atoms with van der Waals surface area (Å²) in [5, 5.41) is 3.58. The van der Waals surface area contributed by atoms with Crippen molar-refractivity contribution in [1.82, 2.24) is 9.88 Å². The zero-order valence-electron chi connectivity index (χ0n) is 14.9. The van der Waals surface area contributed by atoms with Crippen LogP contribution in [0.4, 0.5) is 5.13 Å². The van der Waals surface area contributed by atoms with Crippen molar-refractivity contribution in [2.24, 2.45) is 5.73 Å². The van der Waals surface area contributed by atoms with Crippen LogP contribution in [-0.2, 0) is 24.3 Å². The summed E-state index contributed by atoms with van der Waals surface area (Å²) in [5.74, 6) is -0.151. The number of aromatic nitrogens is 1. The van der Waals surface area contributed by atoms with Crippen molar-refractivity contribution in [3.8, 4) is 0 Å². The fourth-order valence-corrected chi connectivity index (χ4v) is 4.20. The van der Waals surface area contributed by atoms with E-state index in [2.05, 4.69) is 39.5 Å². The molecular formula is C19H26N4OS. The maximum atomic E-state index is 12.4. The smallest absolute Gasteiger partial charge is 0.245 e. The Kier molecular flexibility index (Phi) is 5.51. The van der Waals surface area contributed by atoms with Crippen LogP contribution in [-0.4, -0.2) is 27.9 Å². The number of carbonyl (C=O) groups excluding carboxylic acids is 1. The van der Waals surface area contributed by atoms with Crippen LogP contribution in [0.1, 0.15) is 42.8 Å². The molecule has 0 radical (unpaired) electrons. The molecule has 0 fully saturated rings. The summed E-state index contributed by atoms with van der Waals surface area (Å²) in [4.78, 5) is 20.6. The van der Waals surface area contributed by atoms with Crippen molar-refractivity contribution >= 4 is 22.4 Å². The van der Waals surface area contributed by atoms with Gasteiger partial charge in [-0.15, -0.1) is 11.3 Å². The van der Waals surface area contributed by atoms with Gasteiger partial charge in [0.05, 0.1) is 11.2 Å². The molecule has 0 spiro atoms. The molecular weight excluding hydrogens is 332 g/mol. The van der Waals surface area contributed by atoms with E-state index in [0.29, 0.717) is 11.6 Å². The minimum absolute atomic E-state index is 0.151. The Bertz CT molecular complexity index is 726. The molecule has 6 heteroatoms. The summed E-state index contributed by atoms with van der Waals surface area (Å²) in [6.45, 7) is 6.62. The van der Waals surface area contributed by atoms with Crippen molar-refractivity contribution in [3.05, 3.63) is 46.5 Å². The van der Waals surface area contributed by atoms with Crippen molar-refractivity contribution < 1.29 is 4.79 Å². The molecule has 1 unspecified atom stereocenters. The van der Waals surface area contributed by atoms with E-state index >= 15 is 0 Å². The van der Waals surface area contributed by atoms with Gasteiger partial charge in [-0.05, 0) is 18.9 Å². The standard InChI is InChI=1S/C19H26N4OS/c1-3-10-19(2,20)17(24)22-18-21-15-9-11-23(13-16(15)25-18)12-14-7-5-4-6-8-14/h4-8H,3,9-13,20H2,1-2H3,(H,21,22,24). The SMILES string of the molecule is CCCC(C)(N)C(=O)Nc1nc2c(s1)CN(Cc1ccccc1)CC2. The summed E-state index contributed by atoms with van der Waals surface area (Å²) < 4.78 is 0. The molecule has 2 aromatic rings. The predicted octanol–water partition coefficient (Wildman–Crippen LogP) is 3.16. The van der Waals surface area contributed by atoms with E-state index in [9.17, 15) is 4.79 Å². The Hall–Kier alpha value is -1.76. The van der Waals surface area contributed by atoms with Crippen LogP contribution in [0, 0.1) is 0 Å². The third-order valence-corrected chi connectivity index (χ3v) is 5.57. The van der Waals surface area contributed by atoms with E-state index in [1.54, 1.807) is 18.3 Å². The lowest BCUT2D eigenvalue weighted by Crippen LogP contribution is -2.48. The number of amides is 1. The minimum atomic E-state index is -0.847. The van der Waals surface area contributed by atoms with Crippen molar-refractivity contribution in [2.75, 3.05) is 11.9 Å². The molecule has 1 aliphatic heterocycles. The highest BCUT2D eigenvalue weighted by Gasteiger charge is 2.29. The monoisotopic (exact) mass is 358 g/mol. The third kappa shape index (κ3) is 4.45. The largest absolute Gasteiger partial charge is 0.318 e. The van der Waals surface area contributed by atoms with E-state index in [4.69, 9.17) is 5.73 Å². The molecule has 1 aromatic heterocycles. The summed E-state index contributed by atoms with van der Waals surface area (Å²) in [7, 11) is 0. The van der Waals surface area contributed by atoms with Gasteiger partial charge in [0.25, 0.3) is 0 Å². The topological polar surface area (TPSA) is 71.2 Å². The first-order valence-corrected chi connectivity index (χ1v) is 9.65. The highest BCUT2D eigenvalue weighted by atomic mass is 32.1. The average Bonchev–Trinajstić information content (AvgIpc) is 2.97. The molecule has 3 rings (SSSR count). The van der Waals surface area contributed by atoms with Gasteiger partial charge in [0, 0.05) is 30.9 Å². The second kappa shape index (κ2) is 7.64. The lowest BCUT2D eigenvalue weighted by Gasteiger charge is -2.25. The summed E-state index contributed by atoms with van der Waals surface area (Å²) >= 11 is 1.57. The number of rotatable bonds is 6. The fourth-order valence-electron chi connectivity index (χ4n) is 3.15. The summed E-state index contributed by atoms with van der Waals surface area (Å²) in [6, 6.07) is 10.5. The summed E-state index contributed by atoms with van der Waals surface area (Å²) in [5.41, 5.74) is 7.69. The maximum Gasteiger partial charge on any atom is 0.245 e. The lowest BCUT2D eigenvalue weighted by atomic mass is 9.97. The van der Waals surface area contributed by atoms with Gasteiger partial charge in [-0.25, -0.2) is 4.98 Å². The van der Waals surface area contributed by atoms with Crippen molar-refractivity contribution in [2.45, 2.75) is 51.7 Å². The number of hydrogen-bond acceptors (Lipinski definition) is 5. The van der Waals surface area contributed by atoms with E-state index in [1.165, 1.54) is 10.4 Å². The molecule has 0 aliphatic carbocycles. The van der Waals surface area contributed by atoms with Gasteiger partial charge in [0.1, 0.15) is 0 Å². The first-order chi connectivity index (χ1) is 12.0. The van der Waals surface area contributed by atoms with Crippen molar-refractivity contribution in [1.29, 1.82) is 0 Å². The molecule has 5 nitrogen and oxygen atoms in total. The van der Waals surface area contributed by atoms with Gasteiger partial charge < -0.3 is 11.1 Å². The molecule has 1 aliphatic rings. The van der Waals surface area contributed by atoms with Crippen LogP contribution in [0.15, 0.2) is 30.3 Å². The molecule has 1 atom stereocenters. The molecule has 2 heterocycles.